The minimum Gasteiger partial charge on any atom is -0.382 e. The predicted molar refractivity (Wildman–Crippen MR) is 129 cm³/mol. The Hall–Kier alpha value is -2.35. The van der Waals surface area contributed by atoms with Gasteiger partial charge < -0.3 is 26.0 Å². The molecule has 2 aliphatic rings. The molecule has 1 aliphatic carbocycles. The number of anilines is 1. The molecule has 1 aromatic heterocycles. The predicted octanol–water partition coefficient (Wildman–Crippen LogP) is 2.44. The van der Waals surface area contributed by atoms with Gasteiger partial charge in [-0.05, 0) is 50.5 Å². The van der Waals surface area contributed by atoms with Crippen LogP contribution in [0.3, 0.4) is 0 Å². The van der Waals surface area contributed by atoms with Gasteiger partial charge in [0.25, 0.3) is 0 Å². The summed E-state index contributed by atoms with van der Waals surface area (Å²) in [6, 6.07) is 4.07. The van der Waals surface area contributed by atoms with Gasteiger partial charge in [-0.3, -0.25) is 9.79 Å². The number of hydrogen-bond donors (Lipinski definition) is 3. The molecule has 0 aromatic carbocycles. The Morgan fingerprint density at radius 1 is 1.31 bits per heavy atom. The maximum Gasteiger partial charge on any atom is 0.220 e. The van der Waals surface area contributed by atoms with Crippen LogP contribution in [0.1, 0.15) is 57.4 Å². The lowest BCUT2D eigenvalue weighted by Crippen LogP contribution is -2.43. The third-order valence-electron chi connectivity index (χ3n) is 7.01. The molecule has 1 saturated heterocycles. The number of nitrogens with one attached hydrogen (secondary N) is 2. The molecule has 1 aromatic rings. The summed E-state index contributed by atoms with van der Waals surface area (Å²) in [4.78, 5) is 22.8. The zero-order chi connectivity index (χ0) is 22.8. The number of nitrogens with zero attached hydrogens (tertiary/aromatic N) is 3. The first-order valence-electron chi connectivity index (χ1n) is 12.1. The van der Waals surface area contributed by atoms with Gasteiger partial charge in [-0.1, -0.05) is 18.9 Å². The van der Waals surface area contributed by atoms with Crippen molar-refractivity contribution in [1.82, 2.24) is 15.6 Å². The highest BCUT2D eigenvalue weighted by atomic mass is 16.5. The lowest BCUT2D eigenvalue weighted by atomic mass is 9.83. The fourth-order valence-electron chi connectivity index (χ4n) is 4.97. The Morgan fingerprint density at radius 2 is 2.06 bits per heavy atom. The van der Waals surface area contributed by atoms with E-state index >= 15 is 0 Å². The van der Waals surface area contributed by atoms with E-state index in [1.165, 1.54) is 25.7 Å². The number of rotatable bonds is 10. The lowest BCUT2D eigenvalue weighted by molar-refractivity contribution is -0.122. The molecule has 1 saturated carbocycles. The van der Waals surface area contributed by atoms with E-state index in [0.29, 0.717) is 12.0 Å². The Kier molecular flexibility index (Phi) is 9.14. The molecule has 0 atom stereocenters. The molecule has 0 unspecified atom stereocenters. The van der Waals surface area contributed by atoms with Crippen LogP contribution in [0.5, 0.6) is 0 Å². The van der Waals surface area contributed by atoms with Crippen molar-refractivity contribution in [2.45, 2.75) is 58.4 Å². The van der Waals surface area contributed by atoms with Crippen molar-refractivity contribution >= 4 is 17.7 Å². The van der Waals surface area contributed by atoms with E-state index in [0.717, 1.165) is 69.5 Å². The van der Waals surface area contributed by atoms with Gasteiger partial charge >= 0.3 is 0 Å². The Balaban J connectivity index is 1.54. The van der Waals surface area contributed by atoms with Crippen molar-refractivity contribution in [2.75, 3.05) is 44.8 Å². The highest BCUT2D eigenvalue weighted by Gasteiger charge is 2.33. The van der Waals surface area contributed by atoms with Crippen molar-refractivity contribution in [3.8, 4) is 0 Å². The second-order valence-electron chi connectivity index (χ2n) is 9.08. The number of aromatic nitrogens is 1. The van der Waals surface area contributed by atoms with Gasteiger partial charge in [-0.15, -0.1) is 0 Å². The van der Waals surface area contributed by atoms with E-state index in [1.54, 1.807) is 0 Å². The summed E-state index contributed by atoms with van der Waals surface area (Å²) in [5.41, 5.74) is 6.91. The van der Waals surface area contributed by atoms with Crippen LogP contribution in [0.25, 0.3) is 0 Å². The molecule has 0 spiro atoms. The average Bonchev–Trinajstić information content (AvgIpc) is 3.28. The van der Waals surface area contributed by atoms with Crippen molar-refractivity contribution < 1.29 is 9.53 Å². The van der Waals surface area contributed by atoms with Gasteiger partial charge in [0, 0.05) is 64.1 Å². The Morgan fingerprint density at radius 3 is 2.72 bits per heavy atom. The third-order valence-corrected chi connectivity index (χ3v) is 7.01. The summed E-state index contributed by atoms with van der Waals surface area (Å²) in [6.45, 7) is 6.82. The van der Waals surface area contributed by atoms with Crippen LogP contribution in [0.4, 0.5) is 5.82 Å². The van der Waals surface area contributed by atoms with Crippen molar-refractivity contribution in [3.05, 3.63) is 23.9 Å². The van der Waals surface area contributed by atoms with Crippen molar-refractivity contribution in [3.63, 3.8) is 0 Å². The lowest BCUT2D eigenvalue weighted by Gasteiger charge is -2.33. The highest BCUT2D eigenvalue weighted by Crippen LogP contribution is 2.40. The number of nitrogens with two attached hydrogens (primary N) is 1. The van der Waals surface area contributed by atoms with Crippen LogP contribution < -0.4 is 21.3 Å². The first-order chi connectivity index (χ1) is 15.6. The highest BCUT2D eigenvalue weighted by molar-refractivity contribution is 5.80. The fourth-order valence-corrected chi connectivity index (χ4v) is 4.97. The number of piperidine rings is 1. The maximum absolute atomic E-state index is 11.5. The van der Waals surface area contributed by atoms with Crippen molar-refractivity contribution in [1.29, 1.82) is 0 Å². The monoisotopic (exact) mass is 444 g/mol. The minimum absolute atomic E-state index is 0.0230. The van der Waals surface area contributed by atoms with Crippen LogP contribution in [0, 0.1) is 11.3 Å². The number of primary amides is 1. The van der Waals surface area contributed by atoms with E-state index in [2.05, 4.69) is 38.5 Å². The number of amides is 1. The van der Waals surface area contributed by atoms with Crippen LogP contribution in [-0.2, 0) is 16.1 Å². The molecular weight excluding hydrogens is 404 g/mol. The van der Waals surface area contributed by atoms with E-state index < -0.39 is 0 Å². The second-order valence-corrected chi connectivity index (χ2v) is 9.08. The average molecular weight is 445 g/mol. The van der Waals surface area contributed by atoms with Crippen LogP contribution in [-0.4, -0.2) is 56.7 Å². The van der Waals surface area contributed by atoms with Gasteiger partial charge in [0.05, 0.1) is 0 Å². The number of ether oxygens (including phenoxy) is 1. The summed E-state index contributed by atoms with van der Waals surface area (Å²) in [6.07, 6.45) is 9.58. The quantitative estimate of drug-likeness (QED) is 0.291. The zero-order valence-electron chi connectivity index (χ0n) is 19.7. The third kappa shape index (κ3) is 6.58. The topological polar surface area (TPSA) is 105 Å². The fraction of sp³-hybridized carbons (Fsp3) is 0.708. The molecule has 1 amide bonds. The van der Waals surface area contributed by atoms with Gasteiger partial charge in [-0.25, -0.2) is 4.98 Å². The van der Waals surface area contributed by atoms with Crippen LogP contribution in [0.2, 0.25) is 0 Å². The number of pyridine rings is 1. The SMILES string of the molecule is CCOCCC1(CNC(=NC)NCc2cccnc2N2CCC(C(N)=O)CC2)CCCC1. The number of carbonyl (C=O) groups excluding carboxylic acids is 1. The normalized spacial score (nSPS) is 19.2. The summed E-state index contributed by atoms with van der Waals surface area (Å²) in [5.74, 6) is 1.58. The largest absolute Gasteiger partial charge is 0.382 e. The van der Waals surface area contributed by atoms with Crippen molar-refractivity contribution in [2.24, 2.45) is 22.1 Å². The molecule has 8 heteroatoms. The number of hydrogen-bond acceptors (Lipinski definition) is 5. The molecule has 32 heavy (non-hydrogen) atoms. The van der Waals surface area contributed by atoms with E-state index in [1.807, 2.05) is 19.3 Å². The van der Waals surface area contributed by atoms with E-state index in [9.17, 15) is 4.79 Å². The summed E-state index contributed by atoms with van der Waals surface area (Å²) >= 11 is 0. The standard InChI is InChI=1S/C24H40N6O2/c1-3-32-16-12-24(10-4-5-11-24)18-29-23(26-2)28-17-20-7-6-13-27-22(20)30-14-8-19(9-15-30)21(25)31/h6-7,13,19H,3-5,8-12,14-18H2,1-2H3,(H2,25,31)(H2,26,28,29). The van der Waals surface area contributed by atoms with Gasteiger partial charge in [0.2, 0.25) is 5.91 Å². The molecule has 2 heterocycles. The smallest absolute Gasteiger partial charge is 0.220 e. The van der Waals surface area contributed by atoms with Gasteiger partial charge in [0.15, 0.2) is 5.96 Å². The molecule has 178 valence electrons. The van der Waals surface area contributed by atoms with Crippen LogP contribution >= 0.6 is 0 Å². The Bertz CT molecular complexity index is 755. The first-order valence-corrected chi connectivity index (χ1v) is 12.1. The summed E-state index contributed by atoms with van der Waals surface area (Å²) < 4.78 is 5.64. The van der Waals surface area contributed by atoms with Gasteiger partial charge in [0.1, 0.15) is 5.82 Å². The Labute approximate surface area is 192 Å². The second kappa shape index (κ2) is 12.0. The minimum atomic E-state index is -0.191. The zero-order valence-corrected chi connectivity index (χ0v) is 19.7. The molecule has 8 nitrogen and oxygen atoms in total. The maximum atomic E-state index is 11.5. The van der Waals surface area contributed by atoms with E-state index in [4.69, 9.17) is 10.5 Å². The van der Waals surface area contributed by atoms with Gasteiger partial charge in [-0.2, -0.15) is 0 Å². The molecule has 1 aliphatic heterocycles. The molecule has 0 radical (unpaired) electrons. The number of guanidine groups is 1. The molecule has 3 rings (SSSR count). The summed E-state index contributed by atoms with van der Waals surface area (Å²) in [5, 5.41) is 7.03. The number of carbonyl (C=O) groups is 1. The summed E-state index contributed by atoms with van der Waals surface area (Å²) in [7, 11) is 1.82. The molecule has 0 bridgehead atoms. The van der Waals surface area contributed by atoms with E-state index in [-0.39, 0.29) is 11.8 Å². The number of aliphatic imine (C=N–C) groups is 1. The molecule has 4 N–H and O–H groups in total. The molecule has 2 fully saturated rings. The van der Waals surface area contributed by atoms with Crippen LogP contribution in [0.15, 0.2) is 23.3 Å². The first kappa shape index (κ1) is 24.3. The molecular formula is C24H40N6O2.